The van der Waals surface area contributed by atoms with E-state index in [0.717, 1.165) is 17.9 Å². The van der Waals surface area contributed by atoms with Crippen LogP contribution in [0.1, 0.15) is 5.56 Å². The lowest BCUT2D eigenvalue weighted by atomic mass is 9.91. The number of amides is 1. The van der Waals surface area contributed by atoms with Crippen molar-refractivity contribution in [1.82, 2.24) is 30.1 Å². The zero-order chi connectivity index (χ0) is 21.5. The second-order valence-corrected chi connectivity index (χ2v) is 8.28. The number of halogens is 2. The number of hydrogen-bond acceptors (Lipinski definition) is 7. The van der Waals surface area contributed by atoms with Gasteiger partial charge in [0.05, 0.1) is 21.8 Å². The molecule has 1 amide bonds. The van der Waals surface area contributed by atoms with E-state index in [1.807, 2.05) is 12.1 Å². The van der Waals surface area contributed by atoms with E-state index in [9.17, 15) is 9.90 Å². The van der Waals surface area contributed by atoms with Gasteiger partial charge >= 0.3 is 6.09 Å². The molecule has 2 aliphatic rings. The molecule has 4 heterocycles. The number of nitrogens with one attached hydrogen (secondary N) is 1. The molecule has 0 bridgehead atoms. The van der Waals surface area contributed by atoms with Crippen molar-refractivity contribution in [3.05, 3.63) is 52.1 Å². The van der Waals surface area contributed by atoms with Crippen molar-refractivity contribution < 1.29 is 9.90 Å². The number of anilines is 2. The summed E-state index contributed by atoms with van der Waals surface area (Å²) in [7, 11) is 0. The number of benzene rings is 1. The summed E-state index contributed by atoms with van der Waals surface area (Å²) in [6.45, 7) is 2.29. The van der Waals surface area contributed by atoms with E-state index in [1.54, 1.807) is 24.4 Å². The van der Waals surface area contributed by atoms with Crippen LogP contribution in [-0.4, -0.2) is 67.0 Å². The molecular weight excluding hydrogens is 443 g/mol. The summed E-state index contributed by atoms with van der Waals surface area (Å²) in [6, 6.07) is 9.25. The first kappa shape index (κ1) is 19.8. The van der Waals surface area contributed by atoms with Gasteiger partial charge in [-0.25, -0.2) is 9.78 Å². The Bertz CT molecular complexity index is 1140. The first-order chi connectivity index (χ1) is 15.0. The van der Waals surface area contributed by atoms with Crippen LogP contribution in [0.15, 0.2) is 36.5 Å². The average molecular weight is 461 g/mol. The molecule has 0 spiro atoms. The topological polar surface area (TPSA) is 112 Å². The number of tetrazole rings is 1. The zero-order valence-corrected chi connectivity index (χ0v) is 17.7. The fraction of sp³-hybridized carbons (Fsp3) is 0.316. The molecule has 2 fully saturated rings. The van der Waals surface area contributed by atoms with Gasteiger partial charge in [-0.2, -0.15) is 4.68 Å². The zero-order valence-electron chi connectivity index (χ0n) is 16.2. The lowest BCUT2D eigenvalue weighted by Gasteiger charge is -2.45. The molecule has 5 rings (SSSR count). The van der Waals surface area contributed by atoms with Crippen molar-refractivity contribution in [2.75, 3.05) is 29.9 Å². The number of rotatable bonds is 5. The highest BCUT2D eigenvalue weighted by Gasteiger charge is 2.48. The largest absolute Gasteiger partial charge is 0.465 e. The van der Waals surface area contributed by atoms with E-state index in [-0.39, 0.29) is 6.04 Å². The summed E-state index contributed by atoms with van der Waals surface area (Å²) in [4.78, 5) is 19.5. The van der Waals surface area contributed by atoms with Gasteiger partial charge in [-0.05, 0) is 28.6 Å². The summed E-state index contributed by atoms with van der Waals surface area (Å²) in [5, 5.41) is 25.1. The maximum atomic E-state index is 11.3. The van der Waals surface area contributed by atoms with Crippen molar-refractivity contribution in [3.8, 4) is 5.69 Å². The predicted molar refractivity (Wildman–Crippen MR) is 115 cm³/mol. The minimum atomic E-state index is -0.872. The minimum absolute atomic E-state index is 0.153. The van der Waals surface area contributed by atoms with Crippen LogP contribution < -0.4 is 10.2 Å². The molecule has 0 saturated carbocycles. The Morgan fingerprint density at radius 2 is 2.06 bits per heavy atom. The number of carbonyl (C=O) groups is 1. The summed E-state index contributed by atoms with van der Waals surface area (Å²) in [6.07, 6.45) is 0.870. The summed E-state index contributed by atoms with van der Waals surface area (Å²) >= 11 is 12.4. The summed E-state index contributed by atoms with van der Waals surface area (Å²) in [5.74, 6) is 1.60. The molecule has 2 atom stereocenters. The van der Waals surface area contributed by atoms with Crippen molar-refractivity contribution in [2.45, 2.75) is 12.6 Å². The maximum absolute atomic E-state index is 11.3. The molecule has 2 aliphatic heterocycles. The summed E-state index contributed by atoms with van der Waals surface area (Å²) in [5.41, 5.74) is 1.53. The number of carboxylic acid groups (broad SMARTS) is 1. The third kappa shape index (κ3) is 3.51. The third-order valence-corrected chi connectivity index (χ3v) is 6.52. The number of likely N-dealkylation sites (tertiary alicyclic amines) is 1. The monoisotopic (exact) mass is 460 g/mol. The SMILES string of the molecule is O=C(O)N1C[C@H]2CN(c3ncccc3CNc3nnnn3-c3cccc(Cl)c3Cl)[C@H]2C1. The van der Waals surface area contributed by atoms with Gasteiger partial charge in [-0.1, -0.05) is 40.4 Å². The van der Waals surface area contributed by atoms with Gasteiger partial charge in [-0.15, -0.1) is 0 Å². The predicted octanol–water partition coefficient (Wildman–Crippen LogP) is 2.77. The average Bonchev–Trinajstić information content (AvgIpc) is 3.34. The number of hydrogen-bond donors (Lipinski definition) is 2. The highest BCUT2D eigenvalue weighted by atomic mass is 35.5. The second kappa shape index (κ2) is 7.86. The van der Waals surface area contributed by atoms with Crippen LogP contribution in [0.4, 0.5) is 16.6 Å². The fourth-order valence-corrected chi connectivity index (χ4v) is 4.53. The molecule has 31 heavy (non-hydrogen) atoms. The van der Waals surface area contributed by atoms with Gasteiger partial charge in [0.25, 0.3) is 0 Å². The van der Waals surface area contributed by atoms with Crippen LogP contribution >= 0.6 is 23.2 Å². The molecule has 2 saturated heterocycles. The van der Waals surface area contributed by atoms with Crippen LogP contribution in [0.5, 0.6) is 0 Å². The Hall–Kier alpha value is -3.11. The quantitative estimate of drug-likeness (QED) is 0.597. The number of aromatic nitrogens is 5. The minimum Gasteiger partial charge on any atom is -0.465 e. The van der Waals surface area contributed by atoms with Gasteiger partial charge in [0, 0.05) is 43.9 Å². The van der Waals surface area contributed by atoms with Gasteiger partial charge in [0.1, 0.15) is 5.82 Å². The van der Waals surface area contributed by atoms with E-state index in [1.165, 1.54) is 9.58 Å². The standard InChI is InChI=1S/C19H18Cl2N8O2/c20-13-4-1-5-14(16(13)21)29-18(24-25-26-29)23-7-11-3-2-6-22-17(11)28-9-12-8-27(19(30)31)10-15(12)28/h1-6,12,15H,7-10H2,(H,30,31)(H,23,24,26)/t12-,15-/m0/s1. The highest BCUT2D eigenvalue weighted by molar-refractivity contribution is 6.43. The second-order valence-electron chi connectivity index (χ2n) is 7.49. The van der Waals surface area contributed by atoms with Gasteiger partial charge < -0.3 is 20.2 Å². The molecule has 2 aromatic heterocycles. The van der Waals surface area contributed by atoms with E-state index < -0.39 is 6.09 Å². The van der Waals surface area contributed by atoms with Crippen LogP contribution in [0, 0.1) is 5.92 Å². The summed E-state index contributed by atoms with van der Waals surface area (Å²) < 4.78 is 1.49. The van der Waals surface area contributed by atoms with E-state index in [4.69, 9.17) is 23.2 Å². The van der Waals surface area contributed by atoms with Crippen LogP contribution in [0.2, 0.25) is 10.0 Å². The third-order valence-electron chi connectivity index (χ3n) is 5.71. The Morgan fingerprint density at radius 3 is 2.90 bits per heavy atom. The molecule has 1 aromatic carbocycles. The molecule has 0 unspecified atom stereocenters. The lowest BCUT2D eigenvalue weighted by Crippen LogP contribution is -2.56. The molecule has 10 nitrogen and oxygen atoms in total. The maximum Gasteiger partial charge on any atom is 0.407 e. The normalized spacial score (nSPS) is 19.8. The van der Waals surface area contributed by atoms with Crippen LogP contribution in [-0.2, 0) is 6.54 Å². The Kier molecular flexibility index (Phi) is 5.03. The van der Waals surface area contributed by atoms with Crippen molar-refractivity contribution >= 4 is 41.1 Å². The van der Waals surface area contributed by atoms with E-state index in [2.05, 4.69) is 30.7 Å². The smallest absolute Gasteiger partial charge is 0.407 e. The number of nitrogens with zero attached hydrogens (tertiary/aromatic N) is 7. The first-order valence-corrected chi connectivity index (χ1v) is 10.4. The van der Waals surface area contributed by atoms with E-state index >= 15 is 0 Å². The number of pyridine rings is 1. The lowest BCUT2D eigenvalue weighted by molar-refractivity contribution is 0.155. The molecule has 0 aliphatic carbocycles. The Morgan fingerprint density at radius 1 is 1.19 bits per heavy atom. The molecule has 12 heteroatoms. The Balaban J connectivity index is 1.34. The molecule has 2 N–H and O–H groups in total. The van der Waals surface area contributed by atoms with E-state index in [0.29, 0.717) is 47.2 Å². The molecule has 3 aromatic rings. The van der Waals surface area contributed by atoms with Crippen LogP contribution in [0.3, 0.4) is 0 Å². The highest BCUT2D eigenvalue weighted by Crippen LogP contribution is 2.37. The van der Waals surface area contributed by atoms with Gasteiger partial charge in [0.15, 0.2) is 0 Å². The first-order valence-electron chi connectivity index (χ1n) is 9.68. The van der Waals surface area contributed by atoms with Crippen molar-refractivity contribution in [1.29, 1.82) is 0 Å². The van der Waals surface area contributed by atoms with Crippen LogP contribution in [0.25, 0.3) is 5.69 Å². The van der Waals surface area contributed by atoms with Crippen molar-refractivity contribution in [3.63, 3.8) is 0 Å². The molecule has 0 radical (unpaired) electrons. The van der Waals surface area contributed by atoms with Crippen molar-refractivity contribution in [2.24, 2.45) is 5.92 Å². The molecular formula is C19H18Cl2N8O2. The van der Waals surface area contributed by atoms with Gasteiger partial charge in [0.2, 0.25) is 5.95 Å². The molecule has 160 valence electrons. The van der Waals surface area contributed by atoms with Gasteiger partial charge in [-0.3, -0.25) is 0 Å². The number of fused-ring (bicyclic) bond motifs is 1. The fourth-order valence-electron chi connectivity index (χ4n) is 4.15. The Labute approximate surface area is 187 Å².